The predicted octanol–water partition coefficient (Wildman–Crippen LogP) is 11.7. The Morgan fingerprint density at radius 1 is 0.250 bits per heavy atom. The molecule has 0 saturated carbocycles. The molecule has 9 aromatic rings. The molecule has 0 aliphatic rings. The average Bonchev–Trinajstić information content (AvgIpc) is 3.17. The first kappa shape index (κ1) is 27.8. The van der Waals surface area contributed by atoms with E-state index in [2.05, 4.69) is 152 Å². The zero-order valence-corrected chi connectivity index (χ0v) is 26.1. The number of aromatic nitrogens is 3. The molecule has 8 aromatic carbocycles. The molecule has 0 atom stereocenters. The van der Waals surface area contributed by atoms with Crippen LogP contribution in [0.3, 0.4) is 0 Å². The lowest BCUT2D eigenvalue weighted by Crippen LogP contribution is -2.00. The Hall–Kier alpha value is -6.45. The maximum atomic E-state index is 5.16. The maximum absolute atomic E-state index is 5.16. The molecule has 1 aromatic heterocycles. The van der Waals surface area contributed by atoms with Gasteiger partial charge in [-0.25, -0.2) is 15.0 Å². The van der Waals surface area contributed by atoms with E-state index in [-0.39, 0.29) is 0 Å². The number of nitrogens with zero attached hydrogens (tertiary/aromatic N) is 3. The largest absolute Gasteiger partial charge is 0.208 e. The van der Waals surface area contributed by atoms with Crippen molar-refractivity contribution < 1.29 is 0 Å². The Balaban J connectivity index is 1.22. The Labute approximate surface area is 278 Å². The highest BCUT2D eigenvalue weighted by atomic mass is 15.0. The lowest BCUT2D eigenvalue weighted by Gasteiger charge is -2.13. The summed E-state index contributed by atoms with van der Waals surface area (Å²) in [7, 11) is 0. The molecule has 0 radical (unpaired) electrons. The first-order chi connectivity index (χ1) is 23.8. The number of fused-ring (bicyclic) bond motifs is 3. The molecule has 1 heterocycles. The van der Waals surface area contributed by atoms with E-state index in [0.717, 1.165) is 38.4 Å². The highest BCUT2D eigenvalue weighted by Gasteiger charge is 2.16. The normalized spacial score (nSPS) is 11.3. The van der Waals surface area contributed by atoms with Crippen LogP contribution < -0.4 is 0 Å². The topological polar surface area (TPSA) is 38.7 Å². The van der Waals surface area contributed by atoms with Crippen LogP contribution in [0.2, 0.25) is 0 Å². The van der Waals surface area contributed by atoms with Crippen molar-refractivity contribution in [1.29, 1.82) is 0 Å². The SMILES string of the molecule is c1ccc(-c2ccc3cccc(-c4nc(-c5ccccc5)nc(-c5ccc6c(-c7cccc8ccccc78)cccc6c5)n4)c3c2)cc1. The molecule has 0 bridgehead atoms. The van der Waals surface area contributed by atoms with Gasteiger partial charge in [-0.1, -0.05) is 164 Å². The van der Waals surface area contributed by atoms with Crippen LogP contribution in [0.25, 0.3) is 88.7 Å². The molecule has 0 amide bonds. The van der Waals surface area contributed by atoms with E-state index >= 15 is 0 Å². The van der Waals surface area contributed by atoms with Gasteiger partial charge in [-0.05, 0) is 66.7 Å². The third-order valence-corrected chi connectivity index (χ3v) is 9.12. The summed E-state index contributed by atoms with van der Waals surface area (Å²) >= 11 is 0. The van der Waals surface area contributed by atoms with Crippen molar-refractivity contribution in [3.8, 4) is 56.4 Å². The summed E-state index contributed by atoms with van der Waals surface area (Å²) in [5, 5.41) is 7.06. The second kappa shape index (κ2) is 11.7. The monoisotopic (exact) mass is 611 g/mol. The summed E-state index contributed by atoms with van der Waals surface area (Å²) in [5.74, 6) is 1.95. The predicted molar refractivity (Wildman–Crippen MR) is 200 cm³/mol. The standard InChI is InChI=1S/C45H29N3/c1-3-12-30(13-4-1)34-25-24-32-18-10-23-41(42(32)29-34)45-47-43(33-15-5-2-6-16-33)46-44(48-45)36-26-27-38-35(28-36)19-11-22-40(38)39-21-9-17-31-14-7-8-20-37(31)39/h1-29H. The molecule has 0 spiro atoms. The summed E-state index contributed by atoms with van der Waals surface area (Å²) in [4.78, 5) is 15.3. The van der Waals surface area contributed by atoms with E-state index in [1.807, 2.05) is 24.3 Å². The summed E-state index contributed by atoms with van der Waals surface area (Å²) in [6.07, 6.45) is 0. The van der Waals surface area contributed by atoms with Crippen molar-refractivity contribution >= 4 is 32.3 Å². The van der Waals surface area contributed by atoms with Crippen molar-refractivity contribution in [1.82, 2.24) is 15.0 Å². The van der Waals surface area contributed by atoms with Crippen molar-refractivity contribution in [2.45, 2.75) is 0 Å². The quantitative estimate of drug-likeness (QED) is 0.194. The van der Waals surface area contributed by atoms with E-state index in [0.29, 0.717) is 17.5 Å². The van der Waals surface area contributed by atoms with Crippen LogP contribution in [0.1, 0.15) is 0 Å². The van der Waals surface area contributed by atoms with Gasteiger partial charge in [-0.2, -0.15) is 0 Å². The third kappa shape index (κ3) is 4.99. The maximum Gasteiger partial charge on any atom is 0.164 e. The summed E-state index contributed by atoms with van der Waals surface area (Å²) < 4.78 is 0. The highest BCUT2D eigenvalue weighted by Crippen LogP contribution is 2.37. The smallest absolute Gasteiger partial charge is 0.164 e. The molecule has 0 N–H and O–H groups in total. The van der Waals surface area contributed by atoms with Gasteiger partial charge in [0.05, 0.1) is 0 Å². The zero-order valence-electron chi connectivity index (χ0n) is 26.1. The summed E-state index contributed by atoms with van der Waals surface area (Å²) in [6.45, 7) is 0. The lowest BCUT2D eigenvalue weighted by atomic mass is 9.93. The molecule has 0 fully saturated rings. The van der Waals surface area contributed by atoms with Gasteiger partial charge in [0.2, 0.25) is 0 Å². The van der Waals surface area contributed by atoms with Gasteiger partial charge >= 0.3 is 0 Å². The minimum absolute atomic E-state index is 0.646. The first-order valence-corrected chi connectivity index (χ1v) is 16.2. The van der Waals surface area contributed by atoms with Gasteiger partial charge in [0, 0.05) is 16.7 Å². The lowest BCUT2D eigenvalue weighted by molar-refractivity contribution is 1.08. The van der Waals surface area contributed by atoms with Gasteiger partial charge < -0.3 is 0 Å². The fraction of sp³-hybridized carbons (Fsp3) is 0. The summed E-state index contributed by atoms with van der Waals surface area (Å²) in [5.41, 5.74) is 7.65. The van der Waals surface area contributed by atoms with E-state index in [1.54, 1.807) is 0 Å². The summed E-state index contributed by atoms with van der Waals surface area (Å²) in [6, 6.07) is 61.7. The van der Waals surface area contributed by atoms with E-state index < -0.39 is 0 Å². The van der Waals surface area contributed by atoms with Crippen molar-refractivity contribution in [2.24, 2.45) is 0 Å². The fourth-order valence-electron chi connectivity index (χ4n) is 6.74. The Bertz CT molecular complexity index is 2600. The van der Waals surface area contributed by atoms with Crippen LogP contribution in [-0.2, 0) is 0 Å². The fourth-order valence-corrected chi connectivity index (χ4v) is 6.74. The van der Waals surface area contributed by atoms with Crippen molar-refractivity contribution in [2.75, 3.05) is 0 Å². The van der Waals surface area contributed by atoms with Crippen LogP contribution in [-0.4, -0.2) is 15.0 Å². The molecule has 224 valence electrons. The average molecular weight is 612 g/mol. The van der Waals surface area contributed by atoms with Gasteiger partial charge in [-0.3, -0.25) is 0 Å². The molecular formula is C45H29N3. The van der Waals surface area contributed by atoms with Gasteiger partial charge in [0.15, 0.2) is 17.5 Å². The number of benzene rings is 8. The molecule has 0 saturated heterocycles. The minimum atomic E-state index is 0.646. The van der Waals surface area contributed by atoms with Crippen molar-refractivity contribution in [3.63, 3.8) is 0 Å². The number of hydrogen-bond acceptors (Lipinski definition) is 3. The van der Waals surface area contributed by atoms with Gasteiger partial charge in [-0.15, -0.1) is 0 Å². The van der Waals surface area contributed by atoms with Crippen LogP contribution in [0.5, 0.6) is 0 Å². The number of hydrogen-bond donors (Lipinski definition) is 0. The number of rotatable bonds is 5. The molecule has 0 unspecified atom stereocenters. The second-order valence-corrected chi connectivity index (χ2v) is 12.0. The molecule has 0 aliphatic carbocycles. The first-order valence-electron chi connectivity index (χ1n) is 16.2. The molecule has 0 aliphatic heterocycles. The van der Waals surface area contributed by atoms with E-state index in [4.69, 9.17) is 15.0 Å². The Morgan fingerprint density at radius 2 is 0.771 bits per heavy atom. The second-order valence-electron chi connectivity index (χ2n) is 12.0. The van der Waals surface area contributed by atoms with Crippen LogP contribution >= 0.6 is 0 Å². The molecule has 3 nitrogen and oxygen atoms in total. The third-order valence-electron chi connectivity index (χ3n) is 9.12. The van der Waals surface area contributed by atoms with E-state index in [1.165, 1.54) is 32.8 Å². The van der Waals surface area contributed by atoms with Gasteiger partial charge in [0.25, 0.3) is 0 Å². The molecular weight excluding hydrogens is 583 g/mol. The Kier molecular flexibility index (Phi) is 6.80. The van der Waals surface area contributed by atoms with Crippen LogP contribution in [0, 0.1) is 0 Å². The minimum Gasteiger partial charge on any atom is -0.208 e. The molecule has 3 heteroatoms. The molecule has 9 rings (SSSR count). The van der Waals surface area contributed by atoms with Crippen LogP contribution in [0.15, 0.2) is 176 Å². The zero-order chi connectivity index (χ0) is 31.9. The highest BCUT2D eigenvalue weighted by molar-refractivity contribution is 6.06. The van der Waals surface area contributed by atoms with E-state index in [9.17, 15) is 0 Å². The van der Waals surface area contributed by atoms with Crippen molar-refractivity contribution in [3.05, 3.63) is 176 Å². The van der Waals surface area contributed by atoms with Crippen LogP contribution in [0.4, 0.5) is 0 Å². The molecule has 48 heavy (non-hydrogen) atoms. The Morgan fingerprint density at radius 3 is 1.52 bits per heavy atom. The van der Waals surface area contributed by atoms with Gasteiger partial charge in [0.1, 0.15) is 0 Å².